The fraction of sp³-hybridized carbons (Fsp3) is 0.444. The van der Waals surface area contributed by atoms with Crippen LogP contribution in [0.2, 0.25) is 0 Å². The standard InChI is InChI=1S/C27H37N3O2/c1-5-15-28-16-18-29(19-17-28)26(24-9-8-10-25(31)20-24)22-11-13-23(14-12-22)27(32)30(7-3)21(4)6-2/h5,8-14,20-21,26,31H,1,6-7,15-19H2,2-4H3. The van der Waals surface area contributed by atoms with Crippen molar-refractivity contribution < 1.29 is 9.90 Å². The number of hydrogen-bond donors (Lipinski definition) is 1. The van der Waals surface area contributed by atoms with Crippen molar-refractivity contribution in [1.82, 2.24) is 14.7 Å². The molecule has 0 spiro atoms. The molecule has 1 saturated heterocycles. The number of carbonyl (C=O) groups is 1. The molecule has 0 aliphatic carbocycles. The molecule has 1 N–H and O–H groups in total. The van der Waals surface area contributed by atoms with Crippen LogP contribution in [0.1, 0.15) is 54.7 Å². The van der Waals surface area contributed by atoms with Crippen LogP contribution in [0.25, 0.3) is 0 Å². The van der Waals surface area contributed by atoms with Crippen molar-refractivity contribution in [2.75, 3.05) is 39.3 Å². The van der Waals surface area contributed by atoms with Crippen LogP contribution in [0.4, 0.5) is 0 Å². The second-order valence-corrected chi connectivity index (χ2v) is 8.59. The summed E-state index contributed by atoms with van der Waals surface area (Å²) in [4.78, 5) is 19.8. The van der Waals surface area contributed by atoms with Crippen LogP contribution in [-0.2, 0) is 0 Å². The van der Waals surface area contributed by atoms with Crippen molar-refractivity contribution in [3.63, 3.8) is 0 Å². The summed E-state index contributed by atoms with van der Waals surface area (Å²) in [6, 6.07) is 15.8. The van der Waals surface area contributed by atoms with Crippen LogP contribution in [0.3, 0.4) is 0 Å². The average Bonchev–Trinajstić information content (AvgIpc) is 2.81. The van der Waals surface area contributed by atoms with E-state index in [9.17, 15) is 9.90 Å². The van der Waals surface area contributed by atoms with Crippen LogP contribution < -0.4 is 0 Å². The van der Waals surface area contributed by atoms with Crippen LogP contribution in [-0.4, -0.2) is 71.0 Å². The summed E-state index contributed by atoms with van der Waals surface area (Å²) in [7, 11) is 0. The van der Waals surface area contributed by atoms with Gasteiger partial charge in [0.25, 0.3) is 5.91 Å². The summed E-state index contributed by atoms with van der Waals surface area (Å²) in [6.45, 7) is 15.5. The Balaban J connectivity index is 1.87. The summed E-state index contributed by atoms with van der Waals surface area (Å²) >= 11 is 0. The summed E-state index contributed by atoms with van der Waals surface area (Å²) in [5, 5.41) is 10.1. The molecule has 1 aliphatic rings. The fourth-order valence-corrected chi connectivity index (χ4v) is 4.55. The van der Waals surface area contributed by atoms with Crippen molar-refractivity contribution in [3.05, 3.63) is 77.9 Å². The third kappa shape index (κ3) is 5.59. The summed E-state index contributed by atoms with van der Waals surface area (Å²) in [5.74, 6) is 0.358. The third-order valence-electron chi connectivity index (χ3n) is 6.54. The van der Waals surface area contributed by atoms with E-state index in [0.29, 0.717) is 6.54 Å². The molecule has 0 bridgehead atoms. The molecule has 0 saturated carbocycles. The van der Waals surface area contributed by atoms with Crippen molar-refractivity contribution in [1.29, 1.82) is 0 Å². The Hall–Kier alpha value is -2.63. The first-order valence-electron chi connectivity index (χ1n) is 11.8. The van der Waals surface area contributed by atoms with Crippen LogP contribution in [0.5, 0.6) is 5.75 Å². The van der Waals surface area contributed by atoms with E-state index in [4.69, 9.17) is 0 Å². The third-order valence-corrected chi connectivity index (χ3v) is 6.54. The first-order chi connectivity index (χ1) is 15.5. The quantitative estimate of drug-likeness (QED) is 0.587. The normalized spacial score (nSPS) is 17.0. The second-order valence-electron chi connectivity index (χ2n) is 8.59. The maximum Gasteiger partial charge on any atom is 0.254 e. The van der Waals surface area contributed by atoms with Crippen molar-refractivity contribution in [2.24, 2.45) is 0 Å². The molecule has 1 amide bonds. The molecule has 2 aromatic carbocycles. The van der Waals surface area contributed by atoms with Gasteiger partial charge in [0.05, 0.1) is 6.04 Å². The van der Waals surface area contributed by atoms with E-state index in [-0.39, 0.29) is 23.7 Å². The lowest BCUT2D eigenvalue weighted by atomic mass is 9.95. The van der Waals surface area contributed by atoms with Crippen molar-refractivity contribution in [2.45, 2.75) is 39.3 Å². The van der Waals surface area contributed by atoms with Gasteiger partial charge in [0.1, 0.15) is 5.75 Å². The lowest BCUT2D eigenvalue weighted by molar-refractivity contribution is 0.0700. The van der Waals surface area contributed by atoms with E-state index in [1.54, 1.807) is 6.07 Å². The smallest absolute Gasteiger partial charge is 0.254 e. The molecule has 2 aromatic rings. The van der Waals surface area contributed by atoms with Gasteiger partial charge in [-0.15, -0.1) is 6.58 Å². The Labute approximate surface area is 193 Å². The van der Waals surface area contributed by atoms with Gasteiger partial charge in [-0.25, -0.2) is 0 Å². The second kappa shape index (κ2) is 11.3. The summed E-state index contributed by atoms with van der Waals surface area (Å²) in [5.41, 5.74) is 2.92. The molecular formula is C27H37N3O2. The van der Waals surface area contributed by atoms with Gasteiger partial charge in [0.15, 0.2) is 0 Å². The number of piperazine rings is 1. The number of phenolic OH excluding ortho intramolecular Hbond substituents is 1. The lowest BCUT2D eigenvalue weighted by Crippen LogP contribution is -2.47. The van der Waals surface area contributed by atoms with Gasteiger partial charge in [-0.1, -0.05) is 37.3 Å². The van der Waals surface area contributed by atoms with Gasteiger partial charge < -0.3 is 10.0 Å². The van der Waals surface area contributed by atoms with E-state index < -0.39 is 0 Å². The van der Waals surface area contributed by atoms with Crippen LogP contribution in [0.15, 0.2) is 61.2 Å². The number of aromatic hydroxyl groups is 1. The minimum absolute atomic E-state index is 0.0361. The topological polar surface area (TPSA) is 47.0 Å². The Morgan fingerprint density at radius 2 is 1.78 bits per heavy atom. The largest absolute Gasteiger partial charge is 0.508 e. The monoisotopic (exact) mass is 435 g/mol. The van der Waals surface area contributed by atoms with E-state index in [1.165, 1.54) is 0 Å². The highest BCUT2D eigenvalue weighted by atomic mass is 16.3. The first-order valence-corrected chi connectivity index (χ1v) is 11.8. The maximum absolute atomic E-state index is 13.0. The maximum atomic E-state index is 13.0. The molecule has 5 heteroatoms. The average molecular weight is 436 g/mol. The Bertz CT molecular complexity index is 888. The number of nitrogens with zero attached hydrogens (tertiary/aromatic N) is 3. The lowest BCUT2D eigenvalue weighted by Gasteiger charge is -2.39. The predicted octanol–water partition coefficient (Wildman–Crippen LogP) is 4.55. The van der Waals surface area contributed by atoms with Gasteiger partial charge in [-0.2, -0.15) is 0 Å². The van der Waals surface area contributed by atoms with Crippen molar-refractivity contribution in [3.8, 4) is 5.75 Å². The summed E-state index contributed by atoms with van der Waals surface area (Å²) < 4.78 is 0. The van der Waals surface area contributed by atoms with E-state index in [1.807, 2.05) is 42.2 Å². The molecule has 1 aliphatic heterocycles. The molecule has 32 heavy (non-hydrogen) atoms. The van der Waals surface area contributed by atoms with Gasteiger partial charge in [-0.3, -0.25) is 14.6 Å². The first kappa shape index (κ1) is 24.0. The number of rotatable bonds is 9. The van der Waals surface area contributed by atoms with Gasteiger partial charge in [0.2, 0.25) is 0 Å². The molecule has 1 heterocycles. The zero-order valence-electron chi connectivity index (χ0n) is 19.7. The predicted molar refractivity (Wildman–Crippen MR) is 131 cm³/mol. The molecule has 0 radical (unpaired) electrons. The highest BCUT2D eigenvalue weighted by molar-refractivity contribution is 5.94. The molecular weight excluding hydrogens is 398 g/mol. The number of benzene rings is 2. The number of hydrogen-bond acceptors (Lipinski definition) is 4. The Morgan fingerprint density at radius 1 is 1.09 bits per heavy atom. The number of carbonyl (C=O) groups excluding carboxylic acids is 1. The van der Waals surface area contributed by atoms with Gasteiger partial charge >= 0.3 is 0 Å². The Morgan fingerprint density at radius 3 is 2.34 bits per heavy atom. The fourth-order valence-electron chi connectivity index (χ4n) is 4.55. The van der Waals surface area contributed by atoms with E-state index in [0.717, 1.165) is 55.8 Å². The zero-order valence-corrected chi connectivity index (χ0v) is 19.7. The molecule has 2 atom stereocenters. The molecule has 2 unspecified atom stereocenters. The highest BCUT2D eigenvalue weighted by Crippen LogP contribution is 2.31. The SMILES string of the molecule is C=CCN1CCN(C(c2ccc(C(=O)N(CC)C(C)CC)cc2)c2cccc(O)c2)CC1. The minimum Gasteiger partial charge on any atom is -0.508 e. The minimum atomic E-state index is 0.0361. The number of amides is 1. The molecule has 3 rings (SSSR count). The van der Waals surface area contributed by atoms with E-state index in [2.05, 4.69) is 48.4 Å². The Kier molecular flexibility index (Phi) is 8.48. The molecule has 0 aromatic heterocycles. The van der Waals surface area contributed by atoms with Crippen molar-refractivity contribution >= 4 is 5.91 Å². The highest BCUT2D eigenvalue weighted by Gasteiger charge is 2.27. The van der Waals surface area contributed by atoms with E-state index >= 15 is 0 Å². The van der Waals surface area contributed by atoms with Crippen LogP contribution in [0, 0.1) is 0 Å². The number of phenols is 1. The van der Waals surface area contributed by atoms with Crippen LogP contribution >= 0.6 is 0 Å². The zero-order chi connectivity index (χ0) is 23.1. The summed E-state index contributed by atoms with van der Waals surface area (Å²) in [6.07, 6.45) is 2.90. The molecule has 1 fully saturated rings. The van der Waals surface area contributed by atoms with Gasteiger partial charge in [0, 0.05) is 50.9 Å². The molecule has 5 nitrogen and oxygen atoms in total. The van der Waals surface area contributed by atoms with Gasteiger partial charge in [-0.05, 0) is 55.7 Å². The molecule has 172 valence electrons.